The van der Waals surface area contributed by atoms with Gasteiger partial charge < -0.3 is 4.57 Å². The lowest BCUT2D eigenvalue weighted by Gasteiger charge is -2.09. The van der Waals surface area contributed by atoms with E-state index in [4.69, 9.17) is 0 Å². The molecule has 0 amide bonds. The van der Waals surface area contributed by atoms with Gasteiger partial charge in [-0.05, 0) is 80.3 Å². The first-order chi connectivity index (χ1) is 18.7. The second-order valence-corrected chi connectivity index (χ2v) is 12.6. The average molecular weight is 542 g/mol. The molecular weight excluding hydrogens is 513 g/mol. The van der Waals surface area contributed by atoms with Gasteiger partial charge in [0.2, 0.25) is 0 Å². The zero-order chi connectivity index (χ0) is 27.3. The maximum Gasteiger partial charge on any atom is 0.163 e. The minimum atomic E-state index is -3.05. The van der Waals surface area contributed by atoms with Gasteiger partial charge >= 0.3 is 0 Å². The van der Waals surface area contributed by atoms with Crippen LogP contribution >= 0.6 is 0 Å². The standard InChI is InChI=1S/C31H28FN3O3S/c1-20-14-21(2)35(33-20)27-5-3-4-23(16-27)29-18-34(26-9-7-25(32)8-10-26)30-17-24(6-11-28(29)30)31(36)15-22-12-13-39(37,38)19-22/h3-11,14,16-18,22H,12-13,15,19H2,1-2H3. The van der Waals surface area contributed by atoms with Gasteiger partial charge in [-0.1, -0.05) is 24.3 Å². The van der Waals surface area contributed by atoms with Crippen LogP contribution in [0.4, 0.5) is 4.39 Å². The normalized spacial score (nSPS) is 16.6. The van der Waals surface area contributed by atoms with Crippen molar-refractivity contribution in [3.8, 4) is 22.5 Å². The smallest absolute Gasteiger partial charge is 0.163 e. The predicted molar refractivity (Wildman–Crippen MR) is 151 cm³/mol. The molecule has 3 heterocycles. The highest BCUT2D eigenvalue weighted by molar-refractivity contribution is 7.91. The lowest BCUT2D eigenvalue weighted by Crippen LogP contribution is -2.10. The van der Waals surface area contributed by atoms with Gasteiger partial charge in [0.05, 0.1) is 28.4 Å². The fraction of sp³-hybridized carbons (Fsp3) is 0.226. The summed E-state index contributed by atoms with van der Waals surface area (Å²) < 4.78 is 41.4. The summed E-state index contributed by atoms with van der Waals surface area (Å²) in [4.78, 5) is 13.2. The van der Waals surface area contributed by atoms with Gasteiger partial charge in [0, 0.05) is 40.5 Å². The number of fused-ring (bicyclic) bond motifs is 1. The topological polar surface area (TPSA) is 74.0 Å². The van der Waals surface area contributed by atoms with Crippen molar-refractivity contribution in [1.82, 2.24) is 14.3 Å². The third-order valence-corrected chi connectivity index (χ3v) is 9.28. The van der Waals surface area contributed by atoms with Crippen LogP contribution in [0.15, 0.2) is 79.0 Å². The second kappa shape index (κ2) is 9.61. The Morgan fingerprint density at radius 2 is 1.79 bits per heavy atom. The van der Waals surface area contributed by atoms with E-state index in [9.17, 15) is 17.6 Å². The van der Waals surface area contributed by atoms with Gasteiger partial charge in [-0.15, -0.1) is 0 Å². The van der Waals surface area contributed by atoms with Crippen molar-refractivity contribution >= 4 is 26.5 Å². The molecule has 1 atom stereocenters. The van der Waals surface area contributed by atoms with E-state index >= 15 is 0 Å². The Bertz CT molecular complexity index is 1830. The number of sulfone groups is 1. The summed E-state index contributed by atoms with van der Waals surface area (Å²) in [7, 11) is -3.05. The molecule has 8 heteroatoms. The summed E-state index contributed by atoms with van der Waals surface area (Å²) in [6.45, 7) is 3.99. The summed E-state index contributed by atoms with van der Waals surface area (Å²) in [5.74, 6) is -0.316. The highest BCUT2D eigenvalue weighted by Crippen LogP contribution is 2.35. The first-order valence-corrected chi connectivity index (χ1v) is 14.8. The van der Waals surface area contributed by atoms with Crippen molar-refractivity contribution in [2.75, 3.05) is 11.5 Å². The molecule has 2 aromatic heterocycles. The van der Waals surface area contributed by atoms with Crippen molar-refractivity contribution in [3.05, 3.63) is 102 Å². The Morgan fingerprint density at radius 1 is 1.00 bits per heavy atom. The number of ketones is 1. The fourth-order valence-corrected chi connectivity index (χ4v) is 7.42. The summed E-state index contributed by atoms with van der Waals surface area (Å²) in [5, 5.41) is 5.57. The zero-order valence-electron chi connectivity index (χ0n) is 21.8. The molecule has 5 aromatic rings. The lowest BCUT2D eigenvalue weighted by molar-refractivity contribution is 0.0966. The Hall–Kier alpha value is -4.04. The van der Waals surface area contributed by atoms with E-state index in [-0.39, 0.29) is 35.4 Å². The maximum absolute atomic E-state index is 13.7. The summed E-state index contributed by atoms with van der Waals surface area (Å²) in [5.41, 5.74) is 7.01. The molecule has 3 aromatic carbocycles. The molecule has 198 valence electrons. The van der Waals surface area contributed by atoms with Crippen LogP contribution in [0.2, 0.25) is 0 Å². The van der Waals surface area contributed by atoms with Crippen LogP contribution in [0.1, 0.15) is 34.6 Å². The van der Waals surface area contributed by atoms with Crippen molar-refractivity contribution < 1.29 is 17.6 Å². The van der Waals surface area contributed by atoms with Crippen LogP contribution in [0, 0.1) is 25.6 Å². The molecule has 6 nitrogen and oxygen atoms in total. The molecule has 1 fully saturated rings. The van der Waals surface area contributed by atoms with E-state index in [1.807, 2.05) is 71.8 Å². The molecule has 0 aliphatic carbocycles. The Balaban J connectivity index is 1.45. The Morgan fingerprint density at radius 3 is 2.49 bits per heavy atom. The molecule has 1 unspecified atom stereocenters. The highest BCUT2D eigenvalue weighted by atomic mass is 32.2. The molecule has 1 aliphatic rings. The largest absolute Gasteiger partial charge is 0.316 e. The number of aromatic nitrogens is 3. The first kappa shape index (κ1) is 25.2. The van der Waals surface area contributed by atoms with Gasteiger partial charge in [-0.25, -0.2) is 17.5 Å². The summed E-state index contributed by atoms with van der Waals surface area (Å²) >= 11 is 0. The number of Topliss-reactive ketones (excluding diaryl/α,β-unsaturated/α-hetero) is 1. The number of hydrogen-bond donors (Lipinski definition) is 0. The molecule has 0 bridgehead atoms. The SMILES string of the molecule is Cc1cc(C)n(-c2cccc(-c3cn(-c4ccc(F)cc4)c4cc(C(=O)CC5CCS(=O)(=O)C5)ccc34)c2)n1. The number of rotatable bonds is 6. The van der Waals surface area contributed by atoms with Crippen LogP contribution in [-0.4, -0.2) is 40.1 Å². The van der Waals surface area contributed by atoms with Gasteiger partial charge in [0.15, 0.2) is 15.6 Å². The Labute approximate surface area is 226 Å². The van der Waals surface area contributed by atoms with E-state index in [2.05, 4.69) is 11.2 Å². The van der Waals surface area contributed by atoms with E-state index in [1.165, 1.54) is 12.1 Å². The number of carbonyl (C=O) groups is 1. The second-order valence-electron chi connectivity index (χ2n) is 10.4. The maximum atomic E-state index is 13.7. The molecule has 0 N–H and O–H groups in total. The fourth-order valence-electron chi connectivity index (χ4n) is 5.55. The number of halogens is 1. The van der Waals surface area contributed by atoms with Crippen LogP contribution < -0.4 is 0 Å². The third kappa shape index (κ3) is 4.92. The van der Waals surface area contributed by atoms with Gasteiger partial charge in [-0.3, -0.25) is 4.79 Å². The van der Waals surface area contributed by atoms with Crippen molar-refractivity contribution in [1.29, 1.82) is 0 Å². The van der Waals surface area contributed by atoms with Crippen LogP contribution in [0.25, 0.3) is 33.4 Å². The third-order valence-electron chi connectivity index (χ3n) is 7.44. The Kier molecular flexibility index (Phi) is 6.22. The molecule has 39 heavy (non-hydrogen) atoms. The van der Waals surface area contributed by atoms with Crippen molar-refractivity contribution in [2.45, 2.75) is 26.7 Å². The van der Waals surface area contributed by atoms with Crippen LogP contribution in [0.3, 0.4) is 0 Å². The number of carbonyl (C=O) groups excluding carboxylic acids is 1. The van der Waals surface area contributed by atoms with E-state index in [1.54, 1.807) is 12.1 Å². The lowest BCUT2D eigenvalue weighted by atomic mass is 9.96. The quantitative estimate of drug-likeness (QED) is 0.238. The molecule has 0 spiro atoms. The molecule has 0 saturated carbocycles. The molecule has 1 aliphatic heterocycles. The van der Waals surface area contributed by atoms with Crippen molar-refractivity contribution in [2.24, 2.45) is 5.92 Å². The number of benzene rings is 3. The molecule has 1 saturated heterocycles. The molecule has 6 rings (SSSR count). The highest BCUT2D eigenvalue weighted by Gasteiger charge is 2.29. The minimum absolute atomic E-state index is 0.0704. The first-order valence-electron chi connectivity index (χ1n) is 13.0. The zero-order valence-corrected chi connectivity index (χ0v) is 22.6. The average Bonchev–Trinajstić information content (AvgIpc) is 3.57. The monoisotopic (exact) mass is 541 g/mol. The summed E-state index contributed by atoms with van der Waals surface area (Å²) in [6, 6.07) is 22.0. The molecule has 0 radical (unpaired) electrons. The predicted octanol–water partition coefficient (Wildman–Crippen LogP) is 6.25. The van der Waals surface area contributed by atoms with Crippen LogP contribution in [0.5, 0.6) is 0 Å². The molecular formula is C31H28FN3O3S. The van der Waals surface area contributed by atoms with Gasteiger partial charge in [-0.2, -0.15) is 5.10 Å². The van der Waals surface area contributed by atoms with Crippen LogP contribution in [-0.2, 0) is 9.84 Å². The number of nitrogens with zero attached hydrogens (tertiary/aromatic N) is 3. The van der Waals surface area contributed by atoms with E-state index in [0.29, 0.717) is 12.0 Å². The van der Waals surface area contributed by atoms with Gasteiger partial charge in [0.1, 0.15) is 5.82 Å². The van der Waals surface area contributed by atoms with E-state index < -0.39 is 9.84 Å². The van der Waals surface area contributed by atoms with E-state index in [0.717, 1.165) is 44.8 Å². The van der Waals surface area contributed by atoms with Gasteiger partial charge in [0.25, 0.3) is 0 Å². The van der Waals surface area contributed by atoms with Crippen molar-refractivity contribution in [3.63, 3.8) is 0 Å². The minimum Gasteiger partial charge on any atom is -0.316 e. The summed E-state index contributed by atoms with van der Waals surface area (Å²) in [6.07, 6.45) is 2.74. The number of hydrogen-bond acceptors (Lipinski definition) is 4. The number of aryl methyl sites for hydroxylation is 2.